The molecule has 2 aromatic carbocycles. The Morgan fingerprint density at radius 1 is 1.19 bits per heavy atom. The topological polar surface area (TPSA) is 85.6 Å². The minimum atomic E-state index is -3.71. The van der Waals surface area contributed by atoms with Crippen molar-refractivity contribution < 1.29 is 22.6 Å². The van der Waals surface area contributed by atoms with E-state index in [1.54, 1.807) is 42.5 Å². The van der Waals surface area contributed by atoms with Crippen LogP contribution in [0.2, 0.25) is 0 Å². The summed E-state index contributed by atoms with van der Waals surface area (Å²) >= 11 is 0. The highest BCUT2D eigenvalue weighted by atomic mass is 32.2. The second-order valence-corrected chi connectivity index (χ2v) is 9.02. The number of ether oxygens (including phenoxy) is 3. The molecular weight excluding hydrogens is 366 g/mol. The number of aryl methyl sites for hydroxylation is 1. The van der Waals surface area contributed by atoms with Crippen LogP contribution in [0.25, 0.3) is 0 Å². The molecule has 140 valence electrons. The molecule has 1 aliphatic heterocycles. The van der Waals surface area contributed by atoms with Gasteiger partial charge in [-0.25, -0.2) is 8.42 Å². The van der Waals surface area contributed by atoms with E-state index in [2.05, 4.69) is 6.07 Å². The van der Waals surface area contributed by atoms with Crippen LogP contribution in [-0.4, -0.2) is 34.2 Å². The van der Waals surface area contributed by atoms with Crippen LogP contribution in [0.4, 0.5) is 0 Å². The van der Waals surface area contributed by atoms with Crippen LogP contribution in [0, 0.1) is 23.7 Å². The molecule has 1 aliphatic carbocycles. The highest BCUT2D eigenvalue weighted by molar-refractivity contribution is 7.92. The predicted molar refractivity (Wildman–Crippen MR) is 97.4 cm³/mol. The van der Waals surface area contributed by atoms with E-state index in [1.165, 1.54) is 7.11 Å². The van der Waals surface area contributed by atoms with Crippen molar-refractivity contribution in [3.63, 3.8) is 0 Å². The SMILES string of the molecule is COC[C@@]1(C#N)[C@H](S(=O)(=O)c2ccc(C)cc2)[C@@H]1c1ccc2c(c1)OCO2. The molecule has 1 saturated carbocycles. The summed E-state index contributed by atoms with van der Waals surface area (Å²) in [4.78, 5) is 0.220. The first kappa shape index (κ1) is 17.8. The van der Waals surface area contributed by atoms with Crippen LogP contribution in [0.5, 0.6) is 11.5 Å². The van der Waals surface area contributed by atoms with Crippen LogP contribution in [0.15, 0.2) is 47.4 Å². The summed E-state index contributed by atoms with van der Waals surface area (Å²) in [5.41, 5.74) is 0.575. The minimum Gasteiger partial charge on any atom is -0.454 e. The van der Waals surface area contributed by atoms with Crippen molar-refractivity contribution in [3.05, 3.63) is 53.6 Å². The Kier molecular flexibility index (Phi) is 4.13. The van der Waals surface area contributed by atoms with Gasteiger partial charge in [0.05, 0.1) is 22.8 Å². The number of rotatable bonds is 5. The van der Waals surface area contributed by atoms with Gasteiger partial charge in [0.25, 0.3) is 0 Å². The van der Waals surface area contributed by atoms with Crippen LogP contribution < -0.4 is 9.47 Å². The van der Waals surface area contributed by atoms with Crippen molar-refractivity contribution >= 4 is 9.84 Å². The van der Waals surface area contributed by atoms with Gasteiger partial charge in [0.15, 0.2) is 21.3 Å². The van der Waals surface area contributed by atoms with Gasteiger partial charge in [-0.3, -0.25) is 0 Å². The van der Waals surface area contributed by atoms with E-state index in [9.17, 15) is 13.7 Å². The van der Waals surface area contributed by atoms with Crippen LogP contribution in [0.3, 0.4) is 0 Å². The number of nitriles is 1. The molecule has 1 heterocycles. The Morgan fingerprint density at radius 3 is 2.56 bits per heavy atom. The lowest BCUT2D eigenvalue weighted by Gasteiger charge is -2.08. The number of hydrogen-bond donors (Lipinski definition) is 0. The molecular formula is C20H19NO5S. The fourth-order valence-electron chi connectivity index (χ4n) is 3.89. The van der Waals surface area contributed by atoms with Gasteiger partial charge in [0, 0.05) is 13.0 Å². The number of hydrogen-bond acceptors (Lipinski definition) is 6. The van der Waals surface area contributed by atoms with Crippen LogP contribution in [-0.2, 0) is 14.6 Å². The van der Waals surface area contributed by atoms with Crippen molar-refractivity contribution in [1.29, 1.82) is 5.26 Å². The molecule has 7 heteroatoms. The number of methoxy groups -OCH3 is 1. The summed E-state index contributed by atoms with van der Waals surface area (Å²) in [5.74, 6) is 0.685. The number of sulfone groups is 1. The van der Waals surface area contributed by atoms with Crippen molar-refractivity contribution in [2.45, 2.75) is 23.0 Å². The van der Waals surface area contributed by atoms with E-state index < -0.39 is 26.4 Å². The smallest absolute Gasteiger partial charge is 0.231 e. The molecule has 0 saturated heterocycles. The molecule has 2 aliphatic rings. The Morgan fingerprint density at radius 2 is 1.89 bits per heavy atom. The third kappa shape index (κ3) is 2.68. The van der Waals surface area contributed by atoms with Crippen LogP contribution in [0.1, 0.15) is 17.0 Å². The zero-order valence-electron chi connectivity index (χ0n) is 15.0. The molecule has 0 radical (unpaired) electrons. The van der Waals surface area contributed by atoms with Gasteiger partial charge < -0.3 is 14.2 Å². The molecule has 3 atom stereocenters. The van der Waals surface area contributed by atoms with E-state index in [1.807, 2.05) is 6.92 Å². The van der Waals surface area contributed by atoms with E-state index in [0.717, 1.165) is 11.1 Å². The van der Waals surface area contributed by atoms with Crippen molar-refractivity contribution in [2.24, 2.45) is 5.41 Å². The molecule has 0 spiro atoms. The zero-order chi connectivity index (χ0) is 19.2. The summed E-state index contributed by atoms with van der Waals surface area (Å²) < 4.78 is 42.6. The number of fused-ring (bicyclic) bond motifs is 1. The largest absolute Gasteiger partial charge is 0.454 e. The first-order valence-electron chi connectivity index (χ1n) is 8.54. The molecule has 2 aromatic rings. The summed E-state index contributed by atoms with van der Waals surface area (Å²) in [6.07, 6.45) is 0. The lowest BCUT2D eigenvalue weighted by atomic mass is 10.0. The van der Waals surface area contributed by atoms with E-state index in [0.29, 0.717) is 11.5 Å². The fourth-order valence-corrected chi connectivity index (χ4v) is 6.20. The average molecular weight is 385 g/mol. The van der Waals surface area contributed by atoms with E-state index >= 15 is 0 Å². The number of benzene rings is 2. The third-order valence-corrected chi connectivity index (χ3v) is 7.58. The van der Waals surface area contributed by atoms with Crippen molar-refractivity contribution in [3.8, 4) is 17.6 Å². The molecule has 6 nitrogen and oxygen atoms in total. The molecule has 0 unspecified atom stereocenters. The Bertz CT molecular complexity index is 1030. The summed E-state index contributed by atoms with van der Waals surface area (Å²) in [6, 6.07) is 14.2. The van der Waals surface area contributed by atoms with Gasteiger partial charge >= 0.3 is 0 Å². The Hall–Kier alpha value is -2.56. The zero-order valence-corrected chi connectivity index (χ0v) is 15.8. The van der Waals surface area contributed by atoms with Crippen LogP contribution >= 0.6 is 0 Å². The molecule has 27 heavy (non-hydrogen) atoms. The lowest BCUT2D eigenvalue weighted by Crippen LogP contribution is -2.19. The summed E-state index contributed by atoms with van der Waals surface area (Å²) in [7, 11) is -2.23. The Balaban J connectivity index is 1.78. The maximum absolute atomic E-state index is 13.3. The maximum Gasteiger partial charge on any atom is 0.231 e. The lowest BCUT2D eigenvalue weighted by molar-refractivity contribution is 0.162. The van der Waals surface area contributed by atoms with Gasteiger partial charge in [0.2, 0.25) is 6.79 Å². The normalized spacial score (nSPS) is 25.8. The molecule has 1 fully saturated rings. The predicted octanol–water partition coefficient (Wildman–Crippen LogP) is 2.82. The second kappa shape index (κ2) is 6.25. The molecule has 0 N–H and O–H groups in total. The van der Waals surface area contributed by atoms with Crippen molar-refractivity contribution in [2.75, 3.05) is 20.5 Å². The van der Waals surface area contributed by atoms with Crippen molar-refractivity contribution in [1.82, 2.24) is 0 Å². The van der Waals surface area contributed by atoms with Gasteiger partial charge in [0.1, 0.15) is 5.41 Å². The molecule has 0 amide bonds. The average Bonchev–Trinajstić information content (AvgIpc) is 3.10. The van der Waals surface area contributed by atoms with Gasteiger partial charge in [-0.05, 0) is 36.8 Å². The first-order chi connectivity index (χ1) is 12.9. The van der Waals surface area contributed by atoms with Gasteiger partial charge in [-0.1, -0.05) is 23.8 Å². The van der Waals surface area contributed by atoms with Gasteiger partial charge in [-0.2, -0.15) is 5.26 Å². The molecule has 0 bridgehead atoms. The fraction of sp³-hybridized carbons (Fsp3) is 0.350. The standard InChI is InChI=1S/C20H19NO5S/c1-13-3-6-15(7-4-13)27(22,23)19-18(20(19,10-21)11-24-2)14-5-8-16-17(9-14)26-12-25-16/h3-9,18-19H,11-12H2,1-2H3/t18-,19+,20+/m0/s1. The van der Waals surface area contributed by atoms with E-state index in [4.69, 9.17) is 14.2 Å². The molecule has 4 rings (SSSR count). The first-order valence-corrected chi connectivity index (χ1v) is 10.1. The van der Waals surface area contributed by atoms with E-state index in [-0.39, 0.29) is 18.3 Å². The summed E-state index contributed by atoms with van der Waals surface area (Å²) in [6.45, 7) is 2.07. The minimum absolute atomic E-state index is 0.0400. The second-order valence-electron chi connectivity index (χ2n) is 6.95. The third-order valence-electron chi connectivity index (χ3n) is 5.29. The quantitative estimate of drug-likeness (QED) is 0.787. The highest BCUT2D eigenvalue weighted by Gasteiger charge is 2.72. The summed E-state index contributed by atoms with van der Waals surface area (Å²) in [5, 5.41) is 9.01. The maximum atomic E-state index is 13.3. The highest BCUT2D eigenvalue weighted by Crippen LogP contribution is 2.64. The molecule has 0 aromatic heterocycles. The monoisotopic (exact) mass is 385 g/mol. The number of nitrogens with zero attached hydrogens (tertiary/aromatic N) is 1. The van der Waals surface area contributed by atoms with Gasteiger partial charge in [-0.15, -0.1) is 0 Å². The Labute approximate surface area is 158 Å².